The number of nitrogen functional groups attached to an aromatic ring is 1. The van der Waals surface area contributed by atoms with Gasteiger partial charge in [0.15, 0.2) is 0 Å². The lowest BCUT2D eigenvalue weighted by Crippen LogP contribution is -2.07. The summed E-state index contributed by atoms with van der Waals surface area (Å²) in [6, 6.07) is 3.92. The standard InChI is InChI=1S/C12H10ClFN2O3/c1-2-18-12(17)9-10(15)19-11(16-9)6-3-4-8(14)7(13)5-6/h3-5H,2,15H2,1H3. The minimum atomic E-state index is -0.678. The highest BCUT2D eigenvalue weighted by Gasteiger charge is 2.20. The van der Waals surface area contributed by atoms with Crippen molar-refractivity contribution in [1.29, 1.82) is 0 Å². The van der Waals surface area contributed by atoms with Gasteiger partial charge in [-0.2, -0.15) is 4.98 Å². The second kappa shape index (κ2) is 5.27. The number of nitrogens with zero attached hydrogens (tertiary/aromatic N) is 1. The molecule has 1 aromatic heterocycles. The molecule has 2 N–H and O–H groups in total. The molecule has 100 valence electrons. The number of benzene rings is 1. The zero-order valence-corrected chi connectivity index (χ0v) is 10.7. The SMILES string of the molecule is CCOC(=O)c1nc(-c2ccc(F)c(Cl)c2)oc1N. The first kappa shape index (κ1) is 13.4. The van der Waals surface area contributed by atoms with E-state index in [-0.39, 0.29) is 29.1 Å². The summed E-state index contributed by atoms with van der Waals surface area (Å²) in [6.45, 7) is 1.86. The predicted octanol–water partition coefficient (Wildman–Crippen LogP) is 2.89. The van der Waals surface area contributed by atoms with Gasteiger partial charge in [0.05, 0.1) is 11.6 Å². The quantitative estimate of drug-likeness (QED) is 0.877. The van der Waals surface area contributed by atoms with Crippen molar-refractivity contribution in [3.63, 3.8) is 0 Å². The lowest BCUT2D eigenvalue weighted by atomic mass is 10.2. The molecule has 0 aliphatic carbocycles. The Bertz CT molecular complexity index is 627. The van der Waals surface area contributed by atoms with Gasteiger partial charge in [-0.25, -0.2) is 9.18 Å². The van der Waals surface area contributed by atoms with E-state index in [1.54, 1.807) is 6.92 Å². The number of aromatic nitrogens is 1. The first-order valence-corrected chi connectivity index (χ1v) is 5.79. The predicted molar refractivity (Wildman–Crippen MR) is 67.3 cm³/mol. The van der Waals surface area contributed by atoms with Gasteiger partial charge in [0.2, 0.25) is 17.5 Å². The lowest BCUT2D eigenvalue weighted by molar-refractivity contribution is 0.0521. The number of esters is 1. The Morgan fingerprint density at radius 2 is 2.32 bits per heavy atom. The van der Waals surface area contributed by atoms with E-state index in [0.717, 1.165) is 0 Å². The molecule has 0 aliphatic rings. The molecule has 0 aliphatic heterocycles. The zero-order valence-electron chi connectivity index (χ0n) is 9.94. The van der Waals surface area contributed by atoms with Gasteiger partial charge in [-0.05, 0) is 25.1 Å². The van der Waals surface area contributed by atoms with Gasteiger partial charge in [-0.15, -0.1) is 0 Å². The number of carbonyl (C=O) groups is 1. The Labute approximate surface area is 113 Å². The molecule has 0 bridgehead atoms. The number of nitrogens with two attached hydrogens (primary N) is 1. The van der Waals surface area contributed by atoms with E-state index in [9.17, 15) is 9.18 Å². The second-order valence-corrected chi connectivity index (χ2v) is 3.99. The first-order chi connectivity index (χ1) is 9.02. The number of carbonyl (C=O) groups excluding carboxylic acids is 1. The van der Waals surface area contributed by atoms with E-state index in [1.807, 2.05) is 0 Å². The fourth-order valence-corrected chi connectivity index (χ4v) is 1.61. The Morgan fingerprint density at radius 1 is 1.58 bits per heavy atom. The van der Waals surface area contributed by atoms with E-state index in [2.05, 4.69) is 4.98 Å². The van der Waals surface area contributed by atoms with E-state index >= 15 is 0 Å². The molecule has 0 atom stereocenters. The smallest absolute Gasteiger partial charge is 0.362 e. The molecule has 0 spiro atoms. The van der Waals surface area contributed by atoms with Crippen LogP contribution in [0.1, 0.15) is 17.4 Å². The zero-order chi connectivity index (χ0) is 14.0. The molecular formula is C12H10ClFN2O3. The number of hydrogen-bond acceptors (Lipinski definition) is 5. The maximum absolute atomic E-state index is 13.0. The van der Waals surface area contributed by atoms with Crippen LogP contribution >= 0.6 is 11.6 Å². The summed E-state index contributed by atoms with van der Waals surface area (Å²) in [5.74, 6) is -1.32. The van der Waals surface area contributed by atoms with Crippen LogP contribution < -0.4 is 5.73 Å². The third-order valence-corrected chi connectivity index (χ3v) is 2.58. The maximum atomic E-state index is 13.0. The molecule has 2 aromatic rings. The van der Waals surface area contributed by atoms with Crippen molar-refractivity contribution >= 4 is 23.5 Å². The molecule has 0 amide bonds. The number of anilines is 1. The van der Waals surface area contributed by atoms with E-state index in [4.69, 9.17) is 26.5 Å². The third kappa shape index (κ3) is 2.68. The monoisotopic (exact) mass is 284 g/mol. The third-order valence-electron chi connectivity index (χ3n) is 2.29. The van der Waals surface area contributed by atoms with E-state index in [0.29, 0.717) is 5.56 Å². The Morgan fingerprint density at radius 3 is 2.95 bits per heavy atom. The van der Waals surface area contributed by atoms with E-state index in [1.165, 1.54) is 18.2 Å². The van der Waals surface area contributed by atoms with Crippen molar-refractivity contribution in [2.45, 2.75) is 6.92 Å². The molecule has 19 heavy (non-hydrogen) atoms. The number of halogens is 2. The number of oxazole rings is 1. The Balaban J connectivity index is 2.38. The summed E-state index contributed by atoms with van der Waals surface area (Å²) in [5, 5.41) is -0.0769. The molecule has 0 saturated heterocycles. The molecule has 0 saturated carbocycles. The molecule has 1 aromatic carbocycles. The van der Waals surface area contributed by atoms with Crippen molar-refractivity contribution in [3.05, 3.63) is 34.7 Å². The minimum absolute atomic E-state index is 0.0717. The molecule has 0 fully saturated rings. The molecule has 0 radical (unpaired) electrons. The van der Waals surface area contributed by atoms with Gasteiger partial charge in [0.25, 0.3) is 0 Å². The summed E-state index contributed by atoms with van der Waals surface area (Å²) >= 11 is 5.66. The largest absolute Gasteiger partial charge is 0.461 e. The van der Waals surface area contributed by atoms with Crippen LogP contribution in [0.3, 0.4) is 0 Å². The summed E-state index contributed by atoms with van der Waals surface area (Å²) in [5.41, 5.74) is 5.84. The number of hydrogen-bond donors (Lipinski definition) is 1. The van der Waals surface area contributed by atoms with Gasteiger partial charge < -0.3 is 14.9 Å². The Hall–Kier alpha value is -2.08. The van der Waals surface area contributed by atoms with Crippen LogP contribution in [0.2, 0.25) is 5.02 Å². The number of rotatable bonds is 3. The van der Waals surface area contributed by atoms with Crippen LogP contribution in [0.15, 0.2) is 22.6 Å². The van der Waals surface area contributed by atoms with Crippen molar-refractivity contribution in [3.8, 4) is 11.5 Å². The van der Waals surface area contributed by atoms with Gasteiger partial charge >= 0.3 is 5.97 Å². The molecule has 7 heteroatoms. The topological polar surface area (TPSA) is 78.3 Å². The van der Waals surface area contributed by atoms with Crippen molar-refractivity contribution in [2.24, 2.45) is 0 Å². The van der Waals surface area contributed by atoms with Crippen molar-refractivity contribution in [2.75, 3.05) is 12.3 Å². The average molecular weight is 285 g/mol. The van der Waals surface area contributed by atoms with Gasteiger partial charge in [0, 0.05) is 5.56 Å². The Kier molecular flexibility index (Phi) is 3.71. The van der Waals surface area contributed by atoms with Gasteiger partial charge in [-0.3, -0.25) is 0 Å². The molecule has 0 unspecified atom stereocenters. The van der Waals surface area contributed by atoms with Crippen LogP contribution in [0.5, 0.6) is 0 Å². The summed E-state index contributed by atoms with van der Waals surface area (Å²) in [6.07, 6.45) is 0. The normalized spacial score (nSPS) is 10.5. The van der Waals surface area contributed by atoms with Crippen LogP contribution in [0.25, 0.3) is 11.5 Å². The fourth-order valence-electron chi connectivity index (χ4n) is 1.43. The molecule has 2 rings (SSSR count). The van der Waals surface area contributed by atoms with Crippen LogP contribution in [-0.4, -0.2) is 17.6 Å². The summed E-state index contributed by atoms with van der Waals surface area (Å²) < 4.78 is 23.0. The fraction of sp³-hybridized carbons (Fsp3) is 0.167. The molecular weight excluding hydrogens is 275 g/mol. The van der Waals surface area contributed by atoms with Gasteiger partial charge in [-0.1, -0.05) is 11.6 Å². The van der Waals surface area contributed by atoms with Crippen molar-refractivity contribution in [1.82, 2.24) is 4.98 Å². The second-order valence-electron chi connectivity index (χ2n) is 3.58. The average Bonchev–Trinajstić information content (AvgIpc) is 2.75. The maximum Gasteiger partial charge on any atom is 0.362 e. The first-order valence-electron chi connectivity index (χ1n) is 5.41. The number of ether oxygens (including phenoxy) is 1. The highest BCUT2D eigenvalue weighted by Crippen LogP contribution is 2.27. The highest BCUT2D eigenvalue weighted by molar-refractivity contribution is 6.31. The molecule has 1 heterocycles. The summed E-state index contributed by atoms with van der Waals surface area (Å²) in [7, 11) is 0. The van der Waals surface area contributed by atoms with Gasteiger partial charge in [0.1, 0.15) is 5.82 Å². The van der Waals surface area contributed by atoms with Crippen LogP contribution in [-0.2, 0) is 4.74 Å². The lowest BCUT2D eigenvalue weighted by Gasteiger charge is -1.97. The van der Waals surface area contributed by atoms with Crippen LogP contribution in [0.4, 0.5) is 10.3 Å². The van der Waals surface area contributed by atoms with Crippen LogP contribution in [0, 0.1) is 5.82 Å². The van der Waals surface area contributed by atoms with Crippen molar-refractivity contribution < 1.29 is 18.3 Å². The van der Waals surface area contributed by atoms with E-state index < -0.39 is 11.8 Å². The molecule has 5 nitrogen and oxygen atoms in total. The minimum Gasteiger partial charge on any atom is -0.461 e. The highest BCUT2D eigenvalue weighted by atomic mass is 35.5. The summed E-state index contributed by atoms with van der Waals surface area (Å²) in [4.78, 5) is 15.4.